The molecular weight excluding hydrogens is 246 g/mol. The molecule has 0 fully saturated rings. The van der Waals surface area contributed by atoms with Crippen LogP contribution in [0.1, 0.15) is 55.1 Å². The van der Waals surface area contributed by atoms with Crippen LogP contribution in [0.2, 0.25) is 0 Å². The Kier molecular flexibility index (Phi) is 4.61. The van der Waals surface area contributed by atoms with Crippen LogP contribution in [0.4, 0.5) is 0 Å². The van der Waals surface area contributed by atoms with Crippen LogP contribution >= 0.6 is 0 Å². The van der Waals surface area contributed by atoms with Crippen molar-refractivity contribution in [2.45, 2.75) is 46.2 Å². The topological polar surface area (TPSA) is 29.9 Å². The zero-order valence-corrected chi connectivity index (χ0v) is 13.1. The van der Waals surface area contributed by atoms with Crippen LogP contribution in [-0.2, 0) is 13.6 Å². The van der Waals surface area contributed by atoms with Gasteiger partial charge in [0.2, 0.25) is 0 Å². The summed E-state index contributed by atoms with van der Waals surface area (Å²) in [6.45, 7) is 9.62. The number of rotatable bonds is 5. The van der Waals surface area contributed by atoms with Gasteiger partial charge in [0.15, 0.2) is 0 Å². The van der Waals surface area contributed by atoms with Crippen LogP contribution in [0.5, 0.6) is 0 Å². The average molecular weight is 271 g/mol. The van der Waals surface area contributed by atoms with Gasteiger partial charge in [-0.05, 0) is 30.9 Å². The first kappa shape index (κ1) is 14.8. The van der Waals surface area contributed by atoms with E-state index in [1.165, 1.54) is 22.4 Å². The summed E-state index contributed by atoms with van der Waals surface area (Å²) >= 11 is 0. The Hall–Kier alpha value is -1.61. The van der Waals surface area contributed by atoms with E-state index in [1.54, 1.807) is 0 Å². The minimum Gasteiger partial charge on any atom is -0.306 e. The molecule has 1 aromatic carbocycles. The van der Waals surface area contributed by atoms with E-state index in [0.717, 1.165) is 6.54 Å². The molecule has 0 aliphatic rings. The second-order valence-corrected chi connectivity index (χ2v) is 5.83. The Labute approximate surface area is 122 Å². The van der Waals surface area contributed by atoms with Gasteiger partial charge in [-0.2, -0.15) is 5.10 Å². The van der Waals surface area contributed by atoms with Crippen molar-refractivity contribution in [2.75, 3.05) is 0 Å². The molecule has 0 radical (unpaired) electrons. The van der Waals surface area contributed by atoms with Crippen molar-refractivity contribution < 1.29 is 0 Å². The third-order valence-corrected chi connectivity index (χ3v) is 3.74. The maximum atomic E-state index is 4.56. The molecule has 0 saturated carbocycles. The van der Waals surface area contributed by atoms with Gasteiger partial charge in [-0.15, -0.1) is 0 Å². The smallest absolute Gasteiger partial charge is 0.0694 e. The SMILES string of the molecule is Cc1ccccc1[C@H](C)NCc1cn(C)nc1C(C)C. The highest BCUT2D eigenvalue weighted by atomic mass is 15.3. The van der Waals surface area contributed by atoms with Gasteiger partial charge in [-0.25, -0.2) is 0 Å². The lowest BCUT2D eigenvalue weighted by Gasteiger charge is -2.16. The van der Waals surface area contributed by atoms with Gasteiger partial charge in [0.1, 0.15) is 0 Å². The fourth-order valence-electron chi connectivity index (χ4n) is 2.62. The first-order valence-electron chi connectivity index (χ1n) is 7.30. The van der Waals surface area contributed by atoms with E-state index in [1.807, 2.05) is 11.7 Å². The summed E-state index contributed by atoms with van der Waals surface area (Å²) in [5.74, 6) is 0.460. The summed E-state index contributed by atoms with van der Waals surface area (Å²) in [6, 6.07) is 8.89. The highest BCUT2D eigenvalue weighted by Crippen LogP contribution is 2.20. The number of aromatic nitrogens is 2. The number of hydrogen-bond donors (Lipinski definition) is 1. The second kappa shape index (κ2) is 6.23. The van der Waals surface area contributed by atoms with Gasteiger partial charge in [-0.3, -0.25) is 4.68 Å². The van der Waals surface area contributed by atoms with Crippen LogP contribution in [-0.4, -0.2) is 9.78 Å². The van der Waals surface area contributed by atoms with E-state index in [4.69, 9.17) is 0 Å². The molecule has 1 heterocycles. The monoisotopic (exact) mass is 271 g/mol. The fourth-order valence-corrected chi connectivity index (χ4v) is 2.62. The van der Waals surface area contributed by atoms with E-state index in [9.17, 15) is 0 Å². The Morgan fingerprint density at radius 3 is 2.55 bits per heavy atom. The average Bonchev–Trinajstić information content (AvgIpc) is 2.78. The lowest BCUT2D eigenvalue weighted by molar-refractivity contribution is 0.568. The summed E-state index contributed by atoms with van der Waals surface area (Å²) in [7, 11) is 1.99. The molecule has 1 N–H and O–H groups in total. The van der Waals surface area contributed by atoms with Gasteiger partial charge in [0.25, 0.3) is 0 Å². The molecule has 0 amide bonds. The van der Waals surface area contributed by atoms with E-state index in [0.29, 0.717) is 12.0 Å². The third-order valence-electron chi connectivity index (χ3n) is 3.74. The quantitative estimate of drug-likeness (QED) is 0.898. The number of nitrogens with zero attached hydrogens (tertiary/aromatic N) is 2. The first-order chi connectivity index (χ1) is 9.49. The lowest BCUT2D eigenvalue weighted by Crippen LogP contribution is -2.19. The highest BCUT2D eigenvalue weighted by Gasteiger charge is 2.13. The van der Waals surface area contributed by atoms with Crippen molar-refractivity contribution in [3.63, 3.8) is 0 Å². The van der Waals surface area contributed by atoms with Crippen molar-refractivity contribution in [1.82, 2.24) is 15.1 Å². The Morgan fingerprint density at radius 1 is 1.20 bits per heavy atom. The molecule has 3 heteroatoms. The van der Waals surface area contributed by atoms with Crippen molar-refractivity contribution in [2.24, 2.45) is 7.05 Å². The molecule has 20 heavy (non-hydrogen) atoms. The normalized spacial score (nSPS) is 12.9. The Balaban J connectivity index is 2.07. The fraction of sp³-hybridized carbons (Fsp3) is 0.471. The van der Waals surface area contributed by atoms with Gasteiger partial charge in [0, 0.05) is 31.4 Å². The maximum Gasteiger partial charge on any atom is 0.0694 e. The summed E-state index contributed by atoms with van der Waals surface area (Å²) in [5.41, 5.74) is 5.19. The molecule has 0 unspecified atom stereocenters. The van der Waals surface area contributed by atoms with E-state index in [2.05, 4.69) is 68.6 Å². The van der Waals surface area contributed by atoms with E-state index < -0.39 is 0 Å². The minimum atomic E-state index is 0.344. The van der Waals surface area contributed by atoms with Crippen molar-refractivity contribution >= 4 is 0 Å². The molecular formula is C17H25N3. The van der Waals surface area contributed by atoms with Crippen LogP contribution in [0, 0.1) is 6.92 Å². The van der Waals surface area contributed by atoms with Gasteiger partial charge >= 0.3 is 0 Å². The number of aryl methyl sites for hydroxylation is 2. The molecule has 0 aliphatic heterocycles. The summed E-state index contributed by atoms with van der Waals surface area (Å²) in [4.78, 5) is 0. The van der Waals surface area contributed by atoms with Gasteiger partial charge in [0.05, 0.1) is 5.69 Å². The van der Waals surface area contributed by atoms with Crippen LogP contribution in [0.15, 0.2) is 30.5 Å². The molecule has 2 rings (SSSR count). The highest BCUT2D eigenvalue weighted by molar-refractivity contribution is 5.28. The van der Waals surface area contributed by atoms with Crippen LogP contribution in [0.25, 0.3) is 0 Å². The molecule has 0 bridgehead atoms. The molecule has 0 aliphatic carbocycles. The predicted molar refractivity (Wildman–Crippen MR) is 83.7 cm³/mol. The predicted octanol–water partition coefficient (Wildman–Crippen LogP) is 3.70. The Bertz CT molecular complexity index is 569. The molecule has 2 aromatic rings. The van der Waals surface area contributed by atoms with Crippen molar-refractivity contribution in [3.8, 4) is 0 Å². The second-order valence-electron chi connectivity index (χ2n) is 5.83. The van der Waals surface area contributed by atoms with Gasteiger partial charge in [-0.1, -0.05) is 38.1 Å². The maximum absolute atomic E-state index is 4.56. The van der Waals surface area contributed by atoms with Crippen molar-refractivity contribution in [3.05, 3.63) is 52.8 Å². The molecule has 0 spiro atoms. The largest absolute Gasteiger partial charge is 0.306 e. The molecule has 1 aromatic heterocycles. The number of benzene rings is 1. The lowest BCUT2D eigenvalue weighted by atomic mass is 10.0. The Morgan fingerprint density at radius 2 is 1.90 bits per heavy atom. The van der Waals surface area contributed by atoms with Crippen LogP contribution < -0.4 is 5.32 Å². The van der Waals surface area contributed by atoms with E-state index in [-0.39, 0.29) is 0 Å². The molecule has 1 atom stereocenters. The number of nitrogens with one attached hydrogen (secondary N) is 1. The third kappa shape index (κ3) is 3.28. The van der Waals surface area contributed by atoms with E-state index >= 15 is 0 Å². The summed E-state index contributed by atoms with van der Waals surface area (Å²) < 4.78 is 1.91. The molecule has 3 nitrogen and oxygen atoms in total. The van der Waals surface area contributed by atoms with Crippen LogP contribution in [0.3, 0.4) is 0 Å². The number of hydrogen-bond acceptors (Lipinski definition) is 2. The molecule has 0 saturated heterocycles. The van der Waals surface area contributed by atoms with Crippen molar-refractivity contribution in [1.29, 1.82) is 0 Å². The summed E-state index contributed by atoms with van der Waals surface area (Å²) in [6.07, 6.45) is 2.12. The zero-order valence-electron chi connectivity index (χ0n) is 13.1. The minimum absolute atomic E-state index is 0.344. The standard InChI is InChI=1S/C17H25N3/c1-12(2)17-15(11-20(5)19-17)10-18-14(4)16-9-7-6-8-13(16)3/h6-9,11-12,14,18H,10H2,1-5H3/t14-/m0/s1. The zero-order chi connectivity index (χ0) is 14.7. The summed E-state index contributed by atoms with van der Waals surface area (Å²) in [5, 5.41) is 8.17. The van der Waals surface area contributed by atoms with Gasteiger partial charge < -0.3 is 5.32 Å². The first-order valence-corrected chi connectivity index (χ1v) is 7.30. The molecule has 108 valence electrons.